The molecule has 0 bridgehead atoms. The monoisotopic (exact) mass is 380 g/mol. The molecule has 0 spiro atoms. The molecule has 3 aromatic rings. The van der Waals surface area contributed by atoms with Crippen LogP contribution in [0.5, 0.6) is 0 Å². The smallest absolute Gasteiger partial charge is 0.335 e. The van der Waals surface area contributed by atoms with E-state index in [4.69, 9.17) is 0 Å². The summed E-state index contributed by atoms with van der Waals surface area (Å²) in [5.41, 5.74) is -0.227. The van der Waals surface area contributed by atoms with Crippen molar-refractivity contribution < 1.29 is 18.0 Å². The Bertz CT molecular complexity index is 813. The summed E-state index contributed by atoms with van der Waals surface area (Å²) in [5.74, 6) is 0. The Balaban J connectivity index is 1.69. The number of nitrogens with zero attached hydrogens (tertiary/aromatic N) is 2. The Morgan fingerprint density at radius 3 is 2.69 bits per heavy atom. The molecule has 2 amide bonds. The molecule has 0 saturated heterocycles. The van der Waals surface area contributed by atoms with Gasteiger partial charge in [0.2, 0.25) is 0 Å². The van der Waals surface area contributed by atoms with Gasteiger partial charge in [0, 0.05) is 18.9 Å². The minimum atomic E-state index is -4.54. The van der Waals surface area contributed by atoms with Crippen LogP contribution in [0, 0.1) is 0 Å². The second kappa shape index (κ2) is 7.61. The van der Waals surface area contributed by atoms with Crippen molar-refractivity contribution in [2.75, 3.05) is 11.9 Å². The lowest BCUT2D eigenvalue weighted by atomic mass is 10.1. The zero-order chi connectivity index (χ0) is 18.6. The molecule has 0 aliphatic carbocycles. The molecular formula is C17H15F3N4OS. The number of thiophene rings is 1. The van der Waals surface area contributed by atoms with Gasteiger partial charge < -0.3 is 10.6 Å². The molecule has 0 aliphatic rings. The van der Waals surface area contributed by atoms with Crippen molar-refractivity contribution in [1.29, 1.82) is 0 Å². The van der Waals surface area contributed by atoms with Crippen LogP contribution in [0.25, 0.3) is 0 Å². The number of anilines is 1. The first kappa shape index (κ1) is 18.0. The van der Waals surface area contributed by atoms with Crippen LogP contribution < -0.4 is 10.6 Å². The number of benzene rings is 1. The maximum absolute atomic E-state index is 13.0. The van der Waals surface area contributed by atoms with Crippen LogP contribution in [-0.4, -0.2) is 22.4 Å². The Morgan fingerprint density at radius 1 is 1.23 bits per heavy atom. The Morgan fingerprint density at radius 2 is 2.04 bits per heavy atom. The van der Waals surface area contributed by atoms with E-state index in [2.05, 4.69) is 15.7 Å². The van der Waals surface area contributed by atoms with Crippen molar-refractivity contribution in [3.05, 3.63) is 70.7 Å². The van der Waals surface area contributed by atoms with E-state index in [1.807, 2.05) is 16.8 Å². The van der Waals surface area contributed by atoms with Gasteiger partial charge in [-0.1, -0.05) is 12.1 Å². The minimum Gasteiger partial charge on any atom is -0.335 e. The van der Waals surface area contributed by atoms with E-state index >= 15 is 0 Å². The Labute approximate surface area is 151 Å². The topological polar surface area (TPSA) is 59.0 Å². The Kier molecular flexibility index (Phi) is 5.27. The number of amides is 2. The zero-order valence-corrected chi connectivity index (χ0v) is 14.2. The van der Waals surface area contributed by atoms with E-state index in [0.717, 1.165) is 11.6 Å². The maximum Gasteiger partial charge on any atom is 0.418 e. The summed E-state index contributed by atoms with van der Waals surface area (Å²) < 4.78 is 40.7. The predicted molar refractivity (Wildman–Crippen MR) is 93.2 cm³/mol. The van der Waals surface area contributed by atoms with Crippen LogP contribution in [-0.2, 0) is 6.18 Å². The molecule has 2 heterocycles. The van der Waals surface area contributed by atoms with Gasteiger partial charge in [-0.05, 0) is 40.6 Å². The van der Waals surface area contributed by atoms with E-state index in [-0.39, 0.29) is 18.3 Å². The van der Waals surface area contributed by atoms with E-state index in [1.54, 1.807) is 23.1 Å². The molecule has 26 heavy (non-hydrogen) atoms. The zero-order valence-electron chi connectivity index (χ0n) is 13.4. The summed E-state index contributed by atoms with van der Waals surface area (Å²) in [6, 6.07) is 7.56. The highest BCUT2D eigenvalue weighted by Gasteiger charge is 2.33. The Hall–Kier alpha value is -2.81. The van der Waals surface area contributed by atoms with Gasteiger partial charge in [-0.3, -0.25) is 4.68 Å². The molecule has 2 N–H and O–H groups in total. The van der Waals surface area contributed by atoms with Gasteiger partial charge in [-0.25, -0.2) is 4.79 Å². The average Bonchev–Trinajstić information content (AvgIpc) is 3.28. The number of hydrogen-bond acceptors (Lipinski definition) is 3. The third-order valence-corrected chi connectivity index (χ3v) is 4.41. The fourth-order valence-electron chi connectivity index (χ4n) is 2.49. The molecule has 0 aliphatic heterocycles. The molecule has 136 valence electrons. The first-order valence-corrected chi connectivity index (χ1v) is 8.62. The first-order chi connectivity index (χ1) is 12.4. The average molecular weight is 380 g/mol. The number of para-hydroxylation sites is 1. The lowest BCUT2D eigenvalue weighted by Gasteiger charge is -2.18. The first-order valence-electron chi connectivity index (χ1n) is 7.67. The van der Waals surface area contributed by atoms with Gasteiger partial charge in [0.05, 0.1) is 17.3 Å². The summed E-state index contributed by atoms with van der Waals surface area (Å²) >= 11 is 1.51. The highest BCUT2D eigenvalue weighted by atomic mass is 32.1. The van der Waals surface area contributed by atoms with Crippen LogP contribution in [0.1, 0.15) is 17.2 Å². The molecule has 0 fully saturated rings. The number of halogens is 3. The molecule has 0 saturated carbocycles. The van der Waals surface area contributed by atoms with Crippen LogP contribution in [0.3, 0.4) is 0 Å². The fourth-order valence-corrected chi connectivity index (χ4v) is 3.20. The van der Waals surface area contributed by atoms with Gasteiger partial charge >= 0.3 is 12.2 Å². The maximum atomic E-state index is 13.0. The number of nitrogens with one attached hydrogen (secondary N) is 2. The lowest BCUT2D eigenvalue weighted by Crippen LogP contribution is -2.35. The van der Waals surface area contributed by atoms with Crippen molar-refractivity contribution in [1.82, 2.24) is 15.1 Å². The molecule has 1 unspecified atom stereocenters. The van der Waals surface area contributed by atoms with Crippen molar-refractivity contribution in [2.24, 2.45) is 0 Å². The van der Waals surface area contributed by atoms with Crippen molar-refractivity contribution in [3.8, 4) is 0 Å². The summed E-state index contributed by atoms with van der Waals surface area (Å²) in [6.07, 6.45) is -1.15. The molecule has 3 rings (SSSR count). The molecule has 9 heteroatoms. The third-order valence-electron chi connectivity index (χ3n) is 3.71. The third kappa shape index (κ3) is 4.23. The summed E-state index contributed by atoms with van der Waals surface area (Å²) in [7, 11) is 0. The minimum absolute atomic E-state index is 0.179. The normalized spacial score (nSPS) is 12.6. The molecule has 0 radical (unpaired) electrons. The van der Waals surface area contributed by atoms with Gasteiger partial charge in [-0.2, -0.15) is 29.6 Å². The van der Waals surface area contributed by atoms with Gasteiger partial charge in [0.25, 0.3) is 0 Å². The quantitative estimate of drug-likeness (QED) is 0.690. The van der Waals surface area contributed by atoms with Crippen molar-refractivity contribution in [3.63, 3.8) is 0 Å². The molecule has 1 aromatic carbocycles. The lowest BCUT2D eigenvalue weighted by molar-refractivity contribution is -0.136. The standard InChI is InChI=1S/C17H15F3N4OS/c18-17(19,20)13-4-1-2-5-14(13)23-16(25)21-10-15(12-6-9-26-11-12)24-8-3-7-22-24/h1-9,11,15H,10H2,(H2,21,23,25). The number of hydrogen-bond donors (Lipinski definition) is 2. The van der Waals surface area contributed by atoms with Gasteiger partial charge in [0.1, 0.15) is 0 Å². The number of carbonyl (C=O) groups is 1. The number of rotatable bonds is 5. The molecule has 5 nitrogen and oxygen atoms in total. The van der Waals surface area contributed by atoms with E-state index in [9.17, 15) is 18.0 Å². The molecule has 1 atom stereocenters. The molecular weight excluding hydrogens is 365 g/mol. The van der Waals surface area contributed by atoms with Crippen LogP contribution in [0.2, 0.25) is 0 Å². The van der Waals surface area contributed by atoms with Crippen LogP contribution >= 0.6 is 11.3 Å². The second-order valence-corrected chi connectivity index (χ2v) is 6.22. The number of carbonyl (C=O) groups excluding carboxylic acids is 1. The largest absolute Gasteiger partial charge is 0.418 e. The highest BCUT2D eigenvalue weighted by molar-refractivity contribution is 7.07. The van der Waals surface area contributed by atoms with E-state index in [0.29, 0.717) is 0 Å². The van der Waals surface area contributed by atoms with Crippen molar-refractivity contribution in [2.45, 2.75) is 12.2 Å². The summed E-state index contributed by atoms with van der Waals surface area (Å²) in [5, 5.41) is 12.9. The SMILES string of the molecule is O=C(NCC(c1ccsc1)n1cccn1)Nc1ccccc1C(F)(F)F. The second-order valence-electron chi connectivity index (χ2n) is 5.44. The van der Waals surface area contributed by atoms with Crippen molar-refractivity contribution >= 4 is 23.1 Å². The summed E-state index contributed by atoms with van der Waals surface area (Å²) in [6.45, 7) is 0.179. The number of urea groups is 1. The number of aromatic nitrogens is 2. The van der Waals surface area contributed by atoms with Gasteiger partial charge in [-0.15, -0.1) is 0 Å². The van der Waals surface area contributed by atoms with Gasteiger partial charge in [0.15, 0.2) is 0 Å². The summed E-state index contributed by atoms with van der Waals surface area (Å²) in [4.78, 5) is 12.1. The fraction of sp³-hybridized carbons (Fsp3) is 0.176. The van der Waals surface area contributed by atoms with E-state index < -0.39 is 17.8 Å². The molecule has 2 aromatic heterocycles. The van der Waals surface area contributed by atoms with Crippen LogP contribution in [0.15, 0.2) is 59.6 Å². The van der Waals surface area contributed by atoms with E-state index in [1.165, 1.54) is 29.5 Å². The van der Waals surface area contributed by atoms with Crippen LogP contribution in [0.4, 0.5) is 23.7 Å². The number of alkyl halides is 3. The highest BCUT2D eigenvalue weighted by Crippen LogP contribution is 2.34. The predicted octanol–water partition coefficient (Wildman–Crippen LogP) is 4.37.